The van der Waals surface area contributed by atoms with E-state index in [1.165, 1.54) is 5.56 Å². The number of rotatable bonds is 8. The van der Waals surface area contributed by atoms with E-state index in [0.29, 0.717) is 17.9 Å². The molecule has 3 aromatic carbocycles. The second kappa shape index (κ2) is 9.78. The molecule has 3 heterocycles. The van der Waals surface area contributed by atoms with Gasteiger partial charge >= 0.3 is 0 Å². The molecule has 184 valence electrons. The molecule has 0 bridgehead atoms. The Morgan fingerprint density at radius 1 is 0.865 bits per heavy atom. The number of nitrogens with two attached hydrogens (primary N) is 1. The molecule has 6 rings (SSSR count). The molecule has 0 spiro atoms. The van der Waals surface area contributed by atoms with Crippen LogP contribution in [0.15, 0.2) is 91.4 Å². The summed E-state index contributed by atoms with van der Waals surface area (Å²) >= 11 is 0. The molecular weight excluding hydrogens is 460 g/mol. The summed E-state index contributed by atoms with van der Waals surface area (Å²) in [6, 6.07) is 26.4. The summed E-state index contributed by atoms with van der Waals surface area (Å²) in [6.45, 7) is 2.12. The van der Waals surface area contributed by atoms with E-state index in [1.807, 2.05) is 67.1 Å². The number of imidazole rings is 1. The fourth-order valence-corrected chi connectivity index (χ4v) is 5.02. The minimum absolute atomic E-state index is 0.0408. The average Bonchev–Trinajstić information content (AvgIpc) is 3.52. The van der Waals surface area contributed by atoms with Crippen LogP contribution in [0.25, 0.3) is 32.8 Å². The van der Waals surface area contributed by atoms with Gasteiger partial charge < -0.3 is 20.2 Å². The van der Waals surface area contributed by atoms with Crippen molar-refractivity contribution < 1.29 is 4.79 Å². The molecule has 37 heavy (non-hydrogen) atoms. The molecule has 0 aliphatic heterocycles. The number of amides is 1. The van der Waals surface area contributed by atoms with Crippen molar-refractivity contribution in [2.24, 2.45) is 0 Å². The number of pyridine rings is 1. The van der Waals surface area contributed by atoms with Crippen LogP contribution in [0.3, 0.4) is 0 Å². The average molecular weight is 489 g/mol. The molecule has 6 aromatic rings. The molecule has 1 amide bonds. The summed E-state index contributed by atoms with van der Waals surface area (Å²) in [7, 11) is 0. The Kier molecular flexibility index (Phi) is 6.02. The van der Waals surface area contributed by atoms with Crippen LogP contribution in [0, 0.1) is 0 Å². The number of aryl methyl sites for hydroxylation is 1. The molecule has 0 aliphatic rings. The van der Waals surface area contributed by atoms with Gasteiger partial charge in [0.15, 0.2) is 5.82 Å². The van der Waals surface area contributed by atoms with E-state index in [-0.39, 0.29) is 5.91 Å². The van der Waals surface area contributed by atoms with Crippen LogP contribution in [0.5, 0.6) is 0 Å². The Morgan fingerprint density at radius 3 is 2.49 bits per heavy atom. The zero-order valence-corrected chi connectivity index (χ0v) is 20.5. The zero-order valence-electron chi connectivity index (χ0n) is 20.5. The summed E-state index contributed by atoms with van der Waals surface area (Å²) in [6.07, 6.45) is 5.55. The molecule has 0 unspecified atom stereocenters. The number of para-hydroxylation sites is 2. The van der Waals surface area contributed by atoms with Crippen LogP contribution in [0.4, 0.5) is 5.82 Å². The number of hydrogen-bond donors (Lipinski definition) is 2. The molecule has 0 saturated heterocycles. The number of unbranched alkanes of at least 4 members (excludes halogenated alkanes) is 1. The SMILES string of the molecule is Nc1nc2ccccc2c2c1ncn2CCCCNC(=O)c1cn(Cc2ccccc2)c2ccccc12. The van der Waals surface area contributed by atoms with E-state index in [0.717, 1.165) is 58.8 Å². The van der Waals surface area contributed by atoms with Crippen LogP contribution in [0.1, 0.15) is 28.8 Å². The number of fused-ring (bicyclic) bond motifs is 4. The Balaban J connectivity index is 1.12. The van der Waals surface area contributed by atoms with Crippen molar-refractivity contribution in [1.82, 2.24) is 24.4 Å². The Bertz CT molecular complexity index is 1720. The molecule has 0 aliphatic carbocycles. The molecule has 7 nitrogen and oxygen atoms in total. The maximum absolute atomic E-state index is 13.1. The molecule has 0 radical (unpaired) electrons. The predicted octanol–water partition coefficient (Wildman–Crippen LogP) is 5.38. The molecule has 0 atom stereocenters. The van der Waals surface area contributed by atoms with Gasteiger partial charge in [-0.15, -0.1) is 0 Å². The zero-order chi connectivity index (χ0) is 25.2. The predicted molar refractivity (Wildman–Crippen MR) is 148 cm³/mol. The third kappa shape index (κ3) is 4.40. The second-order valence-electron chi connectivity index (χ2n) is 9.29. The molecule has 0 saturated carbocycles. The first-order chi connectivity index (χ1) is 18.2. The Morgan fingerprint density at radius 2 is 1.62 bits per heavy atom. The quantitative estimate of drug-likeness (QED) is 0.282. The van der Waals surface area contributed by atoms with Gasteiger partial charge in [0, 0.05) is 42.1 Å². The van der Waals surface area contributed by atoms with Gasteiger partial charge in [-0.2, -0.15) is 0 Å². The fraction of sp³-hybridized carbons (Fsp3) is 0.167. The lowest BCUT2D eigenvalue weighted by atomic mass is 10.1. The first-order valence-corrected chi connectivity index (χ1v) is 12.6. The van der Waals surface area contributed by atoms with Crippen LogP contribution in [-0.2, 0) is 13.1 Å². The first kappa shape index (κ1) is 22.8. The van der Waals surface area contributed by atoms with Gasteiger partial charge in [0.1, 0.15) is 5.52 Å². The van der Waals surface area contributed by atoms with E-state index in [4.69, 9.17) is 5.73 Å². The highest BCUT2D eigenvalue weighted by Crippen LogP contribution is 2.27. The number of carbonyl (C=O) groups excluding carboxylic acids is 1. The third-order valence-corrected chi connectivity index (χ3v) is 6.82. The van der Waals surface area contributed by atoms with Crippen LogP contribution in [-0.4, -0.2) is 31.6 Å². The van der Waals surface area contributed by atoms with Crippen molar-refractivity contribution in [3.05, 3.63) is 103 Å². The topological polar surface area (TPSA) is 90.8 Å². The Hall–Kier alpha value is -4.65. The number of anilines is 1. The van der Waals surface area contributed by atoms with Crippen LogP contribution >= 0.6 is 0 Å². The standard InChI is InChI=1S/C30H28N6O/c31-29-27-28(23-13-4-6-14-25(23)34-29)35(20-33-27)17-9-8-16-32-30(37)24-19-36(18-21-10-2-1-3-11-21)26-15-7-5-12-22(24)26/h1-7,10-15,19-20H,8-9,16-18H2,(H2,31,34)(H,32,37). The third-order valence-electron chi connectivity index (χ3n) is 6.82. The van der Waals surface area contributed by atoms with E-state index >= 15 is 0 Å². The fourth-order valence-electron chi connectivity index (χ4n) is 5.02. The van der Waals surface area contributed by atoms with Crippen LogP contribution < -0.4 is 11.1 Å². The van der Waals surface area contributed by atoms with E-state index < -0.39 is 0 Å². The maximum Gasteiger partial charge on any atom is 0.253 e. The smallest absolute Gasteiger partial charge is 0.253 e. The first-order valence-electron chi connectivity index (χ1n) is 12.6. The molecule has 7 heteroatoms. The summed E-state index contributed by atoms with van der Waals surface area (Å²) < 4.78 is 4.28. The van der Waals surface area contributed by atoms with Crippen molar-refractivity contribution in [2.45, 2.75) is 25.9 Å². The number of aromatic nitrogens is 4. The number of nitrogen functional groups attached to an aromatic ring is 1. The van der Waals surface area contributed by atoms with Crippen molar-refractivity contribution in [1.29, 1.82) is 0 Å². The van der Waals surface area contributed by atoms with Gasteiger partial charge in [0.05, 0.1) is 22.9 Å². The van der Waals surface area contributed by atoms with Gasteiger partial charge in [-0.05, 0) is 30.5 Å². The van der Waals surface area contributed by atoms with Crippen molar-refractivity contribution in [3.63, 3.8) is 0 Å². The van der Waals surface area contributed by atoms with Gasteiger partial charge in [-0.1, -0.05) is 66.7 Å². The monoisotopic (exact) mass is 488 g/mol. The van der Waals surface area contributed by atoms with E-state index in [2.05, 4.69) is 48.7 Å². The summed E-state index contributed by atoms with van der Waals surface area (Å²) in [5.74, 6) is 0.409. The van der Waals surface area contributed by atoms with Gasteiger partial charge in [-0.25, -0.2) is 9.97 Å². The molecular formula is C30H28N6O. The highest BCUT2D eigenvalue weighted by Gasteiger charge is 2.15. The number of hydrogen-bond acceptors (Lipinski definition) is 4. The van der Waals surface area contributed by atoms with E-state index in [1.54, 1.807) is 0 Å². The van der Waals surface area contributed by atoms with Crippen molar-refractivity contribution in [3.8, 4) is 0 Å². The highest BCUT2D eigenvalue weighted by atomic mass is 16.1. The largest absolute Gasteiger partial charge is 0.382 e. The second-order valence-corrected chi connectivity index (χ2v) is 9.29. The Labute approximate surface area is 214 Å². The number of nitrogens with one attached hydrogen (secondary N) is 1. The lowest BCUT2D eigenvalue weighted by molar-refractivity contribution is 0.0954. The van der Waals surface area contributed by atoms with Crippen molar-refractivity contribution in [2.75, 3.05) is 12.3 Å². The lowest BCUT2D eigenvalue weighted by Gasteiger charge is -2.08. The number of nitrogens with zero attached hydrogens (tertiary/aromatic N) is 4. The van der Waals surface area contributed by atoms with Crippen molar-refractivity contribution >= 4 is 44.6 Å². The normalized spacial score (nSPS) is 11.5. The van der Waals surface area contributed by atoms with Gasteiger partial charge in [0.2, 0.25) is 0 Å². The molecule has 3 aromatic heterocycles. The molecule has 3 N–H and O–H groups in total. The van der Waals surface area contributed by atoms with E-state index in [9.17, 15) is 4.79 Å². The van der Waals surface area contributed by atoms with Gasteiger partial charge in [-0.3, -0.25) is 4.79 Å². The minimum Gasteiger partial charge on any atom is -0.382 e. The highest BCUT2D eigenvalue weighted by molar-refractivity contribution is 6.07. The molecule has 0 fully saturated rings. The number of carbonyl (C=O) groups is 1. The van der Waals surface area contributed by atoms with Gasteiger partial charge in [0.25, 0.3) is 5.91 Å². The summed E-state index contributed by atoms with van der Waals surface area (Å²) in [5.41, 5.74) is 11.7. The number of benzene rings is 3. The minimum atomic E-state index is -0.0408. The lowest BCUT2D eigenvalue weighted by Crippen LogP contribution is -2.24. The van der Waals surface area contributed by atoms with Crippen LogP contribution in [0.2, 0.25) is 0 Å². The maximum atomic E-state index is 13.1. The summed E-state index contributed by atoms with van der Waals surface area (Å²) in [4.78, 5) is 22.1. The summed E-state index contributed by atoms with van der Waals surface area (Å²) in [5, 5.41) is 5.13.